The lowest BCUT2D eigenvalue weighted by Gasteiger charge is -2.05. The van der Waals surface area contributed by atoms with E-state index in [-0.39, 0.29) is 24.5 Å². The van der Waals surface area contributed by atoms with Gasteiger partial charge in [0.05, 0.1) is 12.3 Å². The standard InChI is InChI=1S/C17H15ClN4O2/c18-14-9-5-4-6-12(14)10-19-17(24)16-15(11-23)20-22(21-16)13-7-2-1-3-8-13/h1-9,23H,10-11H2,(H,19,24). The van der Waals surface area contributed by atoms with Crippen molar-refractivity contribution in [2.24, 2.45) is 0 Å². The summed E-state index contributed by atoms with van der Waals surface area (Å²) in [5.74, 6) is -0.416. The molecule has 0 aliphatic carbocycles. The molecule has 0 aliphatic heterocycles. The Balaban J connectivity index is 1.79. The quantitative estimate of drug-likeness (QED) is 0.746. The molecular weight excluding hydrogens is 328 g/mol. The van der Waals surface area contributed by atoms with Crippen molar-refractivity contribution in [1.29, 1.82) is 0 Å². The van der Waals surface area contributed by atoms with Gasteiger partial charge in [-0.3, -0.25) is 4.79 Å². The summed E-state index contributed by atoms with van der Waals surface area (Å²) >= 11 is 6.07. The molecule has 2 aromatic carbocycles. The van der Waals surface area contributed by atoms with Crippen LogP contribution in [0.1, 0.15) is 21.7 Å². The van der Waals surface area contributed by atoms with Crippen LogP contribution in [-0.2, 0) is 13.2 Å². The number of aliphatic hydroxyl groups excluding tert-OH is 1. The number of rotatable bonds is 5. The molecular formula is C17H15ClN4O2. The number of nitrogens with zero attached hydrogens (tertiary/aromatic N) is 3. The second kappa shape index (κ2) is 7.25. The van der Waals surface area contributed by atoms with Crippen molar-refractivity contribution in [3.63, 3.8) is 0 Å². The SMILES string of the molecule is O=C(NCc1ccccc1Cl)c1nn(-c2ccccc2)nc1CO. The van der Waals surface area contributed by atoms with Crippen LogP contribution in [-0.4, -0.2) is 26.0 Å². The number of halogens is 1. The molecule has 0 fully saturated rings. The van der Waals surface area contributed by atoms with Gasteiger partial charge in [0.15, 0.2) is 5.69 Å². The lowest BCUT2D eigenvalue weighted by molar-refractivity contribution is 0.0942. The Kier molecular flexibility index (Phi) is 4.88. The third kappa shape index (κ3) is 3.45. The molecule has 7 heteroatoms. The number of hydrogen-bond donors (Lipinski definition) is 2. The van der Waals surface area contributed by atoms with E-state index in [0.717, 1.165) is 5.56 Å². The number of aromatic nitrogens is 3. The zero-order valence-electron chi connectivity index (χ0n) is 12.7. The maximum Gasteiger partial charge on any atom is 0.274 e. The first-order valence-corrected chi connectivity index (χ1v) is 7.71. The van der Waals surface area contributed by atoms with E-state index in [1.54, 1.807) is 6.07 Å². The minimum absolute atomic E-state index is 0.0911. The van der Waals surface area contributed by atoms with Gasteiger partial charge in [-0.1, -0.05) is 48.0 Å². The molecule has 0 saturated carbocycles. The largest absolute Gasteiger partial charge is 0.390 e. The van der Waals surface area contributed by atoms with Gasteiger partial charge in [0.25, 0.3) is 5.91 Å². The first-order valence-electron chi connectivity index (χ1n) is 7.33. The fraction of sp³-hybridized carbons (Fsp3) is 0.118. The summed E-state index contributed by atoms with van der Waals surface area (Å²) in [5, 5.41) is 21.1. The summed E-state index contributed by atoms with van der Waals surface area (Å²) in [6, 6.07) is 16.4. The molecule has 0 aliphatic rings. The number of hydrogen-bond acceptors (Lipinski definition) is 4. The topological polar surface area (TPSA) is 80.0 Å². The first-order chi connectivity index (χ1) is 11.7. The second-order valence-corrected chi connectivity index (χ2v) is 5.46. The van der Waals surface area contributed by atoms with E-state index in [4.69, 9.17) is 11.6 Å². The van der Waals surface area contributed by atoms with Crippen LogP contribution >= 0.6 is 11.6 Å². The number of benzene rings is 2. The highest BCUT2D eigenvalue weighted by molar-refractivity contribution is 6.31. The lowest BCUT2D eigenvalue weighted by atomic mass is 10.2. The highest BCUT2D eigenvalue weighted by Gasteiger charge is 2.18. The summed E-state index contributed by atoms with van der Waals surface area (Å²) in [4.78, 5) is 13.7. The average molecular weight is 343 g/mol. The molecule has 2 N–H and O–H groups in total. The Morgan fingerprint density at radius 2 is 1.79 bits per heavy atom. The van der Waals surface area contributed by atoms with Gasteiger partial charge in [-0.05, 0) is 23.8 Å². The molecule has 1 aromatic heterocycles. The van der Waals surface area contributed by atoms with Crippen molar-refractivity contribution in [3.8, 4) is 5.69 Å². The first kappa shape index (κ1) is 16.2. The van der Waals surface area contributed by atoms with Gasteiger partial charge in [-0.25, -0.2) is 0 Å². The number of aliphatic hydroxyl groups is 1. The van der Waals surface area contributed by atoms with Crippen molar-refractivity contribution >= 4 is 17.5 Å². The van der Waals surface area contributed by atoms with Gasteiger partial charge in [-0.15, -0.1) is 10.2 Å². The van der Waals surface area contributed by atoms with Crippen LogP contribution in [0.2, 0.25) is 5.02 Å². The van der Waals surface area contributed by atoms with Crippen molar-refractivity contribution in [3.05, 3.63) is 76.6 Å². The maximum atomic E-state index is 12.4. The molecule has 0 spiro atoms. The number of para-hydroxylation sites is 1. The van der Waals surface area contributed by atoms with Gasteiger partial charge >= 0.3 is 0 Å². The van der Waals surface area contributed by atoms with Crippen LogP contribution in [0, 0.1) is 0 Å². The Bertz CT molecular complexity index is 849. The predicted octanol–water partition coefficient (Wildman–Crippen LogP) is 2.34. The molecule has 122 valence electrons. The molecule has 24 heavy (non-hydrogen) atoms. The lowest BCUT2D eigenvalue weighted by Crippen LogP contribution is -2.24. The molecule has 3 rings (SSSR count). The van der Waals surface area contributed by atoms with Crippen LogP contribution in [0.5, 0.6) is 0 Å². The van der Waals surface area contributed by atoms with Gasteiger partial charge in [0, 0.05) is 11.6 Å². The Morgan fingerprint density at radius 3 is 2.50 bits per heavy atom. The van der Waals surface area contributed by atoms with Crippen LogP contribution < -0.4 is 5.32 Å². The molecule has 1 heterocycles. The fourth-order valence-electron chi connectivity index (χ4n) is 2.20. The zero-order valence-corrected chi connectivity index (χ0v) is 13.4. The minimum atomic E-state index is -0.416. The molecule has 0 saturated heterocycles. The number of carbonyl (C=O) groups excluding carboxylic acids is 1. The smallest absolute Gasteiger partial charge is 0.274 e. The summed E-state index contributed by atoms with van der Waals surface area (Å²) in [6.07, 6.45) is 0. The third-order valence-electron chi connectivity index (χ3n) is 3.43. The van der Waals surface area contributed by atoms with Crippen LogP contribution in [0.15, 0.2) is 54.6 Å². The Hall–Kier alpha value is -2.70. The van der Waals surface area contributed by atoms with Crippen LogP contribution in [0.25, 0.3) is 5.69 Å². The molecule has 0 atom stereocenters. The highest BCUT2D eigenvalue weighted by atomic mass is 35.5. The third-order valence-corrected chi connectivity index (χ3v) is 3.80. The molecule has 0 radical (unpaired) electrons. The van der Waals surface area contributed by atoms with E-state index in [1.165, 1.54) is 4.80 Å². The molecule has 3 aromatic rings. The van der Waals surface area contributed by atoms with Crippen molar-refractivity contribution in [2.45, 2.75) is 13.2 Å². The number of nitrogens with one attached hydrogen (secondary N) is 1. The number of carbonyl (C=O) groups is 1. The zero-order chi connectivity index (χ0) is 16.9. The molecule has 1 amide bonds. The van der Waals surface area contributed by atoms with E-state index in [2.05, 4.69) is 15.5 Å². The second-order valence-electron chi connectivity index (χ2n) is 5.05. The molecule has 0 bridgehead atoms. The highest BCUT2D eigenvalue weighted by Crippen LogP contribution is 2.15. The Morgan fingerprint density at radius 1 is 1.08 bits per heavy atom. The van der Waals surface area contributed by atoms with Crippen molar-refractivity contribution < 1.29 is 9.90 Å². The van der Waals surface area contributed by atoms with E-state index < -0.39 is 5.91 Å². The summed E-state index contributed by atoms with van der Waals surface area (Å²) < 4.78 is 0. The van der Waals surface area contributed by atoms with Crippen LogP contribution in [0.4, 0.5) is 0 Å². The summed E-state index contributed by atoms with van der Waals surface area (Å²) in [7, 11) is 0. The normalized spacial score (nSPS) is 10.6. The molecule has 0 unspecified atom stereocenters. The van der Waals surface area contributed by atoms with E-state index in [1.807, 2.05) is 48.5 Å². The number of amides is 1. The van der Waals surface area contributed by atoms with Gasteiger partial charge in [0.2, 0.25) is 0 Å². The molecule has 6 nitrogen and oxygen atoms in total. The Labute approximate surface area is 143 Å². The minimum Gasteiger partial charge on any atom is -0.390 e. The van der Waals surface area contributed by atoms with Gasteiger partial charge in [-0.2, -0.15) is 4.80 Å². The van der Waals surface area contributed by atoms with Crippen LogP contribution in [0.3, 0.4) is 0 Å². The van der Waals surface area contributed by atoms with Crippen molar-refractivity contribution in [1.82, 2.24) is 20.3 Å². The van der Waals surface area contributed by atoms with Crippen molar-refractivity contribution in [2.75, 3.05) is 0 Å². The van der Waals surface area contributed by atoms with Gasteiger partial charge < -0.3 is 10.4 Å². The van der Waals surface area contributed by atoms with E-state index >= 15 is 0 Å². The van der Waals surface area contributed by atoms with Gasteiger partial charge in [0.1, 0.15) is 5.69 Å². The summed E-state index contributed by atoms with van der Waals surface area (Å²) in [5.41, 5.74) is 1.81. The fourth-order valence-corrected chi connectivity index (χ4v) is 2.40. The predicted molar refractivity (Wildman–Crippen MR) is 89.9 cm³/mol. The van der Waals surface area contributed by atoms with E-state index in [9.17, 15) is 9.90 Å². The monoisotopic (exact) mass is 342 g/mol. The summed E-state index contributed by atoms with van der Waals surface area (Å²) in [6.45, 7) is -0.108. The van der Waals surface area contributed by atoms with E-state index in [0.29, 0.717) is 10.7 Å². The average Bonchev–Trinajstić information content (AvgIpc) is 3.06. The maximum absolute atomic E-state index is 12.4.